The molecule has 1 aliphatic rings. The van der Waals surface area contributed by atoms with Gasteiger partial charge in [0.2, 0.25) is 0 Å². The molecule has 1 aromatic carbocycles. The monoisotopic (exact) mass is 356 g/mol. The van der Waals surface area contributed by atoms with E-state index in [-0.39, 0.29) is 5.82 Å². The standard InChI is InChI=1S/C19H21FN4S/c1-24(10-12-6-2-4-8-14(12)20)11-16-22-18(21)17-13-7-3-5-9-15(13)25-19(17)23-16/h2,4,6,8H,3,5,7,9-11H2,1H3,(H2,21,22,23). The van der Waals surface area contributed by atoms with Gasteiger partial charge < -0.3 is 5.73 Å². The van der Waals surface area contributed by atoms with Crippen LogP contribution in [0, 0.1) is 5.82 Å². The van der Waals surface area contributed by atoms with Gasteiger partial charge in [-0.1, -0.05) is 18.2 Å². The van der Waals surface area contributed by atoms with Crippen molar-refractivity contribution in [2.45, 2.75) is 38.8 Å². The molecule has 0 saturated heterocycles. The SMILES string of the molecule is CN(Cc1nc(N)c2c3c(sc2n1)CCCC3)Cc1ccccc1F. The van der Waals surface area contributed by atoms with Crippen LogP contribution in [-0.4, -0.2) is 21.9 Å². The molecular formula is C19H21FN4S. The zero-order valence-corrected chi connectivity index (χ0v) is 15.1. The van der Waals surface area contributed by atoms with Crippen molar-refractivity contribution in [1.82, 2.24) is 14.9 Å². The Balaban J connectivity index is 1.58. The number of anilines is 1. The predicted molar refractivity (Wildman–Crippen MR) is 100 cm³/mol. The maximum atomic E-state index is 13.8. The van der Waals surface area contributed by atoms with Crippen LogP contribution in [0.1, 0.15) is 34.7 Å². The lowest BCUT2D eigenvalue weighted by Crippen LogP contribution is -2.20. The first-order valence-corrected chi connectivity index (χ1v) is 9.42. The van der Waals surface area contributed by atoms with Crippen molar-refractivity contribution >= 4 is 27.4 Å². The molecule has 0 fully saturated rings. The van der Waals surface area contributed by atoms with Crippen LogP contribution in [0.4, 0.5) is 10.2 Å². The van der Waals surface area contributed by atoms with Gasteiger partial charge in [0.05, 0.1) is 11.9 Å². The number of nitrogens with zero attached hydrogens (tertiary/aromatic N) is 3. The zero-order chi connectivity index (χ0) is 17.4. The molecule has 1 aliphatic carbocycles. The van der Waals surface area contributed by atoms with E-state index < -0.39 is 0 Å². The minimum Gasteiger partial charge on any atom is -0.383 e. The number of benzene rings is 1. The number of aryl methyl sites for hydroxylation is 2. The molecule has 2 aromatic heterocycles. The van der Waals surface area contributed by atoms with Gasteiger partial charge in [-0.25, -0.2) is 14.4 Å². The molecule has 130 valence electrons. The summed E-state index contributed by atoms with van der Waals surface area (Å²) in [6.45, 7) is 1.05. The van der Waals surface area contributed by atoms with Crippen molar-refractivity contribution in [3.05, 3.63) is 51.9 Å². The highest BCUT2D eigenvalue weighted by atomic mass is 32.1. The van der Waals surface area contributed by atoms with Crippen molar-refractivity contribution in [3.63, 3.8) is 0 Å². The van der Waals surface area contributed by atoms with Gasteiger partial charge in [0.15, 0.2) is 0 Å². The summed E-state index contributed by atoms with van der Waals surface area (Å²) in [4.78, 5) is 13.7. The number of fused-ring (bicyclic) bond motifs is 3. The Kier molecular flexibility index (Phi) is 4.39. The Morgan fingerprint density at radius 3 is 2.80 bits per heavy atom. The van der Waals surface area contributed by atoms with Crippen LogP contribution < -0.4 is 5.73 Å². The molecule has 0 saturated carbocycles. The summed E-state index contributed by atoms with van der Waals surface area (Å²) in [6, 6.07) is 6.84. The van der Waals surface area contributed by atoms with E-state index in [4.69, 9.17) is 10.7 Å². The molecule has 4 rings (SSSR count). The van der Waals surface area contributed by atoms with Crippen LogP contribution in [0.3, 0.4) is 0 Å². The van der Waals surface area contributed by atoms with E-state index in [0.29, 0.717) is 30.3 Å². The fourth-order valence-electron chi connectivity index (χ4n) is 3.52. The van der Waals surface area contributed by atoms with E-state index in [1.165, 1.54) is 29.3 Å². The average molecular weight is 356 g/mol. The molecule has 0 aliphatic heterocycles. The number of nitrogen functional groups attached to an aromatic ring is 1. The first kappa shape index (κ1) is 16.4. The van der Waals surface area contributed by atoms with Crippen molar-refractivity contribution in [2.24, 2.45) is 0 Å². The lowest BCUT2D eigenvalue weighted by molar-refractivity contribution is 0.306. The number of nitrogens with two attached hydrogens (primary N) is 1. The average Bonchev–Trinajstić information content (AvgIpc) is 2.95. The number of hydrogen-bond donors (Lipinski definition) is 1. The Hall–Kier alpha value is -2.05. The second kappa shape index (κ2) is 6.69. The Morgan fingerprint density at radius 2 is 1.96 bits per heavy atom. The molecule has 0 unspecified atom stereocenters. The summed E-state index contributed by atoms with van der Waals surface area (Å²) in [6.07, 6.45) is 4.66. The second-order valence-electron chi connectivity index (χ2n) is 6.68. The number of halogens is 1. The number of aromatic nitrogens is 2. The van der Waals surface area contributed by atoms with E-state index in [2.05, 4.69) is 4.98 Å². The van der Waals surface area contributed by atoms with Crippen molar-refractivity contribution in [2.75, 3.05) is 12.8 Å². The molecule has 0 radical (unpaired) electrons. The highest BCUT2D eigenvalue weighted by Gasteiger charge is 2.20. The maximum Gasteiger partial charge on any atom is 0.146 e. The van der Waals surface area contributed by atoms with E-state index >= 15 is 0 Å². The lowest BCUT2D eigenvalue weighted by atomic mass is 9.97. The Morgan fingerprint density at radius 1 is 1.16 bits per heavy atom. The van der Waals surface area contributed by atoms with Gasteiger partial charge in [0, 0.05) is 17.0 Å². The Labute approximate surface area is 150 Å². The third-order valence-corrected chi connectivity index (χ3v) is 5.88. The fourth-order valence-corrected chi connectivity index (χ4v) is 4.80. The summed E-state index contributed by atoms with van der Waals surface area (Å²) < 4.78 is 13.8. The fraction of sp³-hybridized carbons (Fsp3) is 0.368. The number of thiophene rings is 1. The Bertz CT molecular complexity index is 921. The normalized spacial score (nSPS) is 14.2. The van der Waals surface area contributed by atoms with Gasteiger partial charge >= 0.3 is 0 Å². The summed E-state index contributed by atoms with van der Waals surface area (Å²) >= 11 is 1.75. The maximum absolute atomic E-state index is 13.8. The molecule has 2 heterocycles. The van der Waals surface area contributed by atoms with Gasteiger partial charge in [-0.05, 0) is 44.4 Å². The molecule has 0 atom stereocenters. The molecule has 2 N–H and O–H groups in total. The number of rotatable bonds is 4. The van der Waals surface area contributed by atoms with Crippen LogP contribution in [-0.2, 0) is 25.9 Å². The summed E-state index contributed by atoms with van der Waals surface area (Å²) in [5, 5.41) is 1.06. The van der Waals surface area contributed by atoms with E-state index in [0.717, 1.165) is 23.1 Å². The van der Waals surface area contributed by atoms with E-state index in [1.54, 1.807) is 23.5 Å². The molecule has 0 bridgehead atoms. The second-order valence-corrected chi connectivity index (χ2v) is 7.76. The molecule has 0 amide bonds. The quantitative estimate of drug-likeness (QED) is 0.770. The number of hydrogen-bond acceptors (Lipinski definition) is 5. The van der Waals surface area contributed by atoms with Crippen LogP contribution in [0.5, 0.6) is 0 Å². The van der Waals surface area contributed by atoms with Crippen LogP contribution >= 0.6 is 11.3 Å². The smallest absolute Gasteiger partial charge is 0.146 e. The van der Waals surface area contributed by atoms with Crippen LogP contribution in [0.25, 0.3) is 10.2 Å². The van der Waals surface area contributed by atoms with Crippen molar-refractivity contribution in [3.8, 4) is 0 Å². The third kappa shape index (κ3) is 3.24. The molecular weight excluding hydrogens is 335 g/mol. The van der Waals surface area contributed by atoms with Gasteiger partial charge in [-0.15, -0.1) is 11.3 Å². The molecule has 25 heavy (non-hydrogen) atoms. The third-order valence-electron chi connectivity index (χ3n) is 4.70. The predicted octanol–water partition coefficient (Wildman–Crippen LogP) is 3.92. The first-order valence-electron chi connectivity index (χ1n) is 8.60. The molecule has 3 aromatic rings. The largest absolute Gasteiger partial charge is 0.383 e. The molecule has 0 spiro atoms. The highest BCUT2D eigenvalue weighted by Crippen LogP contribution is 2.37. The van der Waals surface area contributed by atoms with Gasteiger partial charge in [-0.3, -0.25) is 4.90 Å². The summed E-state index contributed by atoms with van der Waals surface area (Å²) in [5.74, 6) is 1.09. The van der Waals surface area contributed by atoms with E-state index in [1.807, 2.05) is 18.0 Å². The summed E-state index contributed by atoms with van der Waals surface area (Å²) in [7, 11) is 1.94. The van der Waals surface area contributed by atoms with Gasteiger partial charge in [-0.2, -0.15) is 0 Å². The lowest BCUT2D eigenvalue weighted by Gasteiger charge is -2.16. The zero-order valence-electron chi connectivity index (χ0n) is 14.3. The van der Waals surface area contributed by atoms with Gasteiger partial charge in [0.1, 0.15) is 22.3 Å². The molecule has 6 heteroatoms. The molecule has 4 nitrogen and oxygen atoms in total. The van der Waals surface area contributed by atoms with Crippen LogP contribution in [0.2, 0.25) is 0 Å². The topological polar surface area (TPSA) is 55.0 Å². The minimum absolute atomic E-state index is 0.184. The van der Waals surface area contributed by atoms with Crippen molar-refractivity contribution < 1.29 is 4.39 Å². The minimum atomic E-state index is -0.184. The van der Waals surface area contributed by atoms with Gasteiger partial charge in [0.25, 0.3) is 0 Å². The van der Waals surface area contributed by atoms with E-state index in [9.17, 15) is 4.39 Å². The van der Waals surface area contributed by atoms with Crippen molar-refractivity contribution in [1.29, 1.82) is 0 Å². The first-order chi connectivity index (χ1) is 12.1. The summed E-state index contributed by atoms with van der Waals surface area (Å²) in [5.41, 5.74) is 8.28. The van der Waals surface area contributed by atoms with Crippen LogP contribution in [0.15, 0.2) is 24.3 Å². The highest BCUT2D eigenvalue weighted by molar-refractivity contribution is 7.19.